The molecule has 2 aliphatic rings. The Labute approximate surface area is 206 Å². The predicted molar refractivity (Wildman–Crippen MR) is 137 cm³/mol. The number of rotatable bonds is 7. The fourth-order valence-corrected chi connectivity index (χ4v) is 5.63. The van der Waals surface area contributed by atoms with Crippen molar-refractivity contribution in [2.24, 2.45) is 0 Å². The maximum atomic E-state index is 11.8. The summed E-state index contributed by atoms with van der Waals surface area (Å²) in [6.07, 6.45) is 7.53. The zero-order chi connectivity index (χ0) is 23.3. The lowest BCUT2D eigenvalue weighted by molar-refractivity contribution is -0.115. The summed E-state index contributed by atoms with van der Waals surface area (Å²) >= 11 is 2.65. The van der Waals surface area contributed by atoms with E-state index in [0.717, 1.165) is 44.0 Å². The number of aromatic nitrogens is 2. The molecule has 0 unspecified atom stereocenters. The largest absolute Gasteiger partial charge is 0.351 e. The molecule has 5 rings (SSSR count). The third-order valence-electron chi connectivity index (χ3n) is 5.99. The van der Waals surface area contributed by atoms with E-state index in [1.165, 1.54) is 16.0 Å². The first kappa shape index (κ1) is 22.8. The van der Waals surface area contributed by atoms with Crippen LogP contribution in [0.4, 0.5) is 10.7 Å². The Balaban J connectivity index is 1.11. The van der Waals surface area contributed by atoms with Crippen LogP contribution in [-0.2, 0) is 11.3 Å². The van der Waals surface area contributed by atoms with E-state index < -0.39 is 0 Å². The average Bonchev–Trinajstić information content (AvgIpc) is 3.49. The van der Waals surface area contributed by atoms with Gasteiger partial charge in [-0.15, -0.1) is 11.3 Å². The van der Waals surface area contributed by atoms with Crippen LogP contribution in [0.3, 0.4) is 0 Å². The molecule has 0 radical (unpaired) electrons. The van der Waals surface area contributed by atoms with Crippen molar-refractivity contribution in [1.29, 1.82) is 0 Å². The molecule has 3 heterocycles. The van der Waals surface area contributed by atoms with Crippen molar-refractivity contribution in [3.05, 3.63) is 70.2 Å². The lowest BCUT2D eigenvalue weighted by atomic mass is 9.91. The van der Waals surface area contributed by atoms with Crippen LogP contribution in [0.5, 0.6) is 0 Å². The van der Waals surface area contributed by atoms with Crippen LogP contribution in [0.25, 0.3) is 16.5 Å². The number of carbonyl (C=O) groups is 2. The van der Waals surface area contributed by atoms with E-state index in [4.69, 9.17) is 0 Å². The van der Waals surface area contributed by atoms with E-state index in [0.29, 0.717) is 28.6 Å². The zero-order valence-corrected chi connectivity index (χ0v) is 20.1. The summed E-state index contributed by atoms with van der Waals surface area (Å²) in [5, 5.41) is 11.2. The lowest BCUT2D eigenvalue weighted by Crippen LogP contribution is -2.36. The molecule has 1 aliphatic carbocycles. The molecule has 0 bridgehead atoms. The fourth-order valence-electron chi connectivity index (χ4n) is 4.24. The van der Waals surface area contributed by atoms with Crippen molar-refractivity contribution in [2.75, 3.05) is 5.32 Å². The minimum atomic E-state index is -0.382. The second-order valence-corrected chi connectivity index (χ2v) is 10.4. The Morgan fingerprint density at radius 3 is 2.68 bits per heavy atom. The quantitative estimate of drug-likeness (QED) is 0.398. The number of anilines is 1. The molecule has 9 heteroatoms. The van der Waals surface area contributed by atoms with E-state index in [9.17, 15) is 9.59 Å². The lowest BCUT2D eigenvalue weighted by Gasteiger charge is -2.30. The summed E-state index contributed by atoms with van der Waals surface area (Å²) in [7, 11) is 0. The van der Waals surface area contributed by atoms with Gasteiger partial charge in [-0.3, -0.25) is 14.9 Å². The topological polar surface area (TPSA) is 96.0 Å². The molecule has 0 atom stereocenters. The van der Waals surface area contributed by atoms with E-state index in [-0.39, 0.29) is 11.1 Å². The molecule has 1 saturated heterocycles. The summed E-state index contributed by atoms with van der Waals surface area (Å²) in [4.78, 5) is 33.6. The standard InChI is InChI=1S/C25H25N5O2S2/c31-23-22(34-25(32)30-23)14-20-10-11-26-24(29-20)28-19-8-6-18(7-9-19)27-15-16-3-1-4-17(13-16)21-5-2-12-33-21/h1-5,10-14,18-19,27H,6-9,15H2,(H,26,28,29)(H,30,31,32)/b22-14-. The van der Waals surface area contributed by atoms with Gasteiger partial charge in [0.15, 0.2) is 0 Å². The van der Waals surface area contributed by atoms with Gasteiger partial charge in [-0.05, 0) is 78.2 Å². The summed E-state index contributed by atoms with van der Waals surface area (Å²) in [5.74, 6) is 0.165. The number of nitrogens with one attached hydrogen (secondary N) is 3. The van der Waals surface area contributed by atoms with Gasteiger partial charge in [0.1, 0.15) is 0 Å². The van der Waals surface area contributed by atoms with E-state index >= 15 is 0 Å². The van der Waals surface area contributed by atoms with Crippen LogP contribution < -0.4 is 16.0 Å². The number of hydrogen-bond acceptors (Lipinski definition) is 8. The van der Waals surface area contributed by atoms with Crippen LogP contribution in [0.2, 0.25) is 0 Å². The van der Waals surface area contributed by atoms with Crippen molar-refractivity contribution in [1.82, 2.24) is 20.6 Å². The van der Waals surface area contributed by atoms with Crippen LogP contribution in [0, 0.1) is 0 Å². The maximum Gasteiger partial charge on any atom is 0.290 e. The van der Waals surface area contributed by atoms with Gasteiger partial charge in [-0.2, -0.15) is 0 Å². The van der Waals surface area contributed by atoms with Crippen molar-refractivity contribution >= 4 is 46.3 Å². The van der Waals surface area contributed by atoms with Crippen LogP contribution in [0.1, 0.15) is 36.9 Å². The Kier molecular flexibility index (Phi) is 7.03. The van der Waals surface area contributed by atoms with Gasteiger partial charge >= 0.3 is 0 Å². The number of imide groups is 1. The van der Waals surface area contributed by atoms with Crippen LogP contribution in [-0.4, -0.2) is 33.2 Å². The maximum absolute atomic E-state index is 11.8. The van der Waals surface area contributed by atoms with Crippen molar-refractivity contribution in [3.63, 3.8) is 0 Å². The van der Waals surface area contributed by atoms with Crippen molar-refractivity contribution < 1.29 is 9.59 Å². The third-order valence-corrected chi connectivity index (χ3v) is 7.72. The molecule has 2 amide bonds. The molecule has 174 valence electrons. The minimum absolute atomic E-state index is 0.314. The summed E-state index contributed by atoms with van der Waals surface area (Å²) in [5.41, 5.74) is 3.19. The Hall–Kier alpha value is -3.01. The molecule has 1 saturated carbocycles. The van der Waals surface area contributed by atoms with Crippen molar-refractivity contribution in [2.45, 2.75) is 44.3 Å². The highest BCUT2D eigenvalue weighted by Crippen LogP contribution is 2.27. The molecule has 1 aromatic carbocycles. The SMILES string of the molecule is O=C1NC(=O)/C(=C/c2ccnc(NC3CCC(NCc4cccc(-c5cccs5)c4)CC3)n2)S1. The van der Waals surface area contributed by atoms with Gasteiger partial charge in [-0.25, -0.2) is 9.97 Å². The van der Waals surface area contributed by atoms with Gasteiger partial charge in [0.2, 0.25) is 5.95 Å². The molecule has 0 spiro atoms. The number of nitrogens with zero attached hydrogens (tertiary/aromatic N) is 2. The first-order chi connectivity index (χ1) is 16.6. The number of benzene rings is 1. The summed E-state index contributed by atoms with van der Waals surface area (Å²) in [6, 6.07) is 15.5. The van der Waals surface area contributed by atoms with E-state index in [2.05, 4.69) is 67.7 Å². The zero-order valence-electron chi connectivity index (χ0n) is 18.5. The highest BCUT2D eigenvalue weighted by Gasteiger charge is 2.25. The number of thioether (sulfide) groups is 1. The van der Waals surface area contributed by atoms with Gasteiger partial charge in [0.25, 0.3) is 11.1 Å². The molecule has 34 heavy (non-hydrogen) atoms. The van der Waals surface area contributed by atoms with Crippen LogP contribution >= 0.6 is 23.1 Å². The fraction of sp³-hybridized carbons (Fsp3) is 0.280. The molecule has 3 N–H and O–H groups in total. The second-order valence-electron chi connectivity index (χ2n) is 8.41. The smallest absolute Gasteiger partial charge is 0.290 e. The molecule has 2 aromatic heterocycles. The molecule has 1 aliphatic heterocycles. The number of hydrogen-bond donors (Lipinski definition) is 3. The monoisotopic (exact) mass is 491 g/mol. The van der Waals surface area contributed by atoms with Gasteiger partial charge in [0, 0.05) is 29.7 Å². The van der Waals surface area contributed by atoms with Gasteiger partial charge in [0.05, 0.1) is 10.6 Å². The first-order valence-electron chi connectivity index (χ1n) is 11.3. The molecule has 3 aromatic rings. The first-order valence-corrected chi connectivity index (χ1v) is 13.0. The predicted octanol–water partition coefficient (Wildman–Crippen LogP) is 5.04. The highest BCUT2D eigenvalue weighted by atomic mass is 32.2. The molecule has 7 nitrogen and oxygen atoms in total. The Morgan fingerprint density at radius 2 is 1.91 bits per heavy atom. The number of thiophene rings is 1. The van der Waals surface area contributed by atoms with Gasteiger partial charge in [-0.1, -0.05) is 24.3 Å². The minimum Gasteiger partial charge on any atom is -0.351 e. The van der Waals surface area contributed by atoms with E-state index in [1.54, 1.807) is 29.7 Å². The number of amides is 2. The normalized spacial score (nSPS) is 21.6. The van der Waals surface area contributed by atoms with Gasteiger partial charge < -0.3 is 10.6 Å². The Morgan fingerprint density at radius 1 is 1.06 bits per heavy atom. The molecule has 2 fully saturated rings. The molecular weight excluding hydrogens is 466 g/mol. The van der Waals surface area contributed by atoms with Crippen molar-refractivity contribution in [3.8, 4) is 10.4 Å². The third kappa shape index (κ3) is 5.72. The highest BCUT2D eigenvalue weighted by molar-refractivity contribution is 8.18. The number of carbonyl (C=O) groups excluding carboxylic acids is 2. The second kappa shape index (κ2) is 10.5. The summed E-state index contributed by atoms with van der Waals surface area (Å²) in [6.45, 7) is 0.871. The molecular formula is C25H25N5O2S2. The Bertz CT molecular complexity index is 1200. The van der Waals surface area contributed by atoms with E-state index in [1.807, 2.05) is 0 Å². The van der Waals surface area contributed by atoms with Crippen LogP contribution in [0.15, 0.2) is 58.9 Å². The average molecular weight is 492 g/mol. The summed E-state index contributed by atoms with van der Waals surface area (Å²) < 4.78 is 0.